The van der Waals surface area contributed by atoms with Crippen LogP contribution in [-0.2, 0) is 5.41 Å². The summed E-state index contributed by atoms with van der Waals surface area (Å²) in [4.78, 5) is 4.99. The molecule has 6 aromatic carbocycles. The van der Waals surface area contributed by atoms with E-state index in [0.29, 0.717) is 5.92 Å². The summed E-state index contributed by atoms with van der Waals surface area (Å²) in [5.41, 5.74) is 19.0. The highest BCUT2D eigenvalue weighted by Gasteiger charge is 2.53. The number of rotatable bonds is 5. The molecule has 0 radical (unpaired) electrons. The summed E-state index contributed by atoms with van der Waals surface area (Å²) in [5, 5.41) is 0. The first kappa shape index (κ1) is 29.6. The second kappa shape index (κ2) is 11.4. The maximum Gasteiger partial charge on any atom is 0.244 e. The molecule has 1 saturated carbocycles. The second-order valence-corrected chi connectivity index (χ2v) is 15.1. The Morgan fingerprint density at radius 2 is 1.24 bits per heavy atom. The molecule has 0 amide bonds. The van der Waals surface area contributed by atoms with Gasteiger partial charge in [-0.05, 0) is 112 Å². The van der Waals surface area contributed by atoms with Gasteiger partial charge < -0.3 is 9.80 Å². The minimum atomic E-state index is -0.0805. The second-order valence-electron chi connectivity index (χ2n) is 15.1. The SMILES string of the molecule is CC1(C)C2=C(c3ccccc31)c1cc(C3CCCCC3)cc3c1B2c1ccc(N(c2ccccc2)c2ccccc2)cc1N3c1ccccc1. The van der Waals surface area contributed by atoms with Gasteiger partial charge in [-0.2, -0.15) is 0 Å². The van der Waals surface area contributed by atoms with Crippen molar-refractivity contribution in [1.29, 1.82) is 0 Å². The molecule has 6 aromatic rings. The van der Waals surface area contributed by atoms with Crippen LogP contribution in [0.1, 0.15) is 74.1 Å². The monoisotopic (exact) mass is 644 g/mol. The molecule has 10 rings (SSSR count). The van der Waals surface area contributed by atoms with Gasteiger partial charge in [-0.3, -0.25) is 0 Å². The van der Waals surface area contributed by atoms with Crippen LogP contribution in [0.4, 0.5) is 34.1 Å². The average Bonchev–Trinajstić information content (AvgIpc) is 3.64. The van der Waals surface area contributed by atoms with Crippen molar-refractivity contribution in [3.05, 3.63) is 173 Å². The van der Waals surface area contributed by atoms with Crippen molar-refractivity contribution < 1.29 is 0 Å². The van der Waals surface area contributed by atoms with E-state index in [1.165, 1.54) is 87.9 Å². The van der Waals surface area contributed by atoms with E-state index in [1.807, 2.05) is 0 Å². The molecule has 0 N–H and O–H groups in total. The van der Waals surface area contributed by atoms with Gasteiger partial charge in [0.15, 0.2) is 0 Å². The molecule has 0 aromatic heterocycles. The third-order valence-corrected chi connectivity index (χ3v) is 12.0. The highest BCUT2D eigenvalue weighted by Crippen LogP contribution is 2.56. The van der Waals surface area contributed by atoms with Crippen molar-refractivity contribution in [2.75, 3.05) is 9.80 Å². The lowest BCUT2D eigenvalue weighted by Crippen LogP contribution is -2.53. The van der Waals surface area contributed by atoms with Gasteiger partial charge in [0.2, 0.25) is 6.71 Å². The summed E-state index contributed by atoms with van der Waals surface area (Å²) in [6.07, 6.45) is 6.58. The standard InChI is InChI=1S/C47H41BN2/c1-47(2)40-26-16-15-25-38(40)44-39-29-33(32-17-7-3-8-18-32)30-43-45(39)48(46(44)47)41-28-27-37(31-42(41)50(43)36-23-13-6-14-24-36)49(34-19-9-4-10-20-34)35-21-11-5-12-22-35/h4-6,9-16,19-32H,3,7-8,17-18H2,1-2H3. The van der Waals surface area contributed by atoms with Gasteiger partial charge in [0.05, 0.1) is 0 Å². The van der Waals surface area contributed by atoms with E-state index >= 15 is 0 Å². The molecule has 0 spiro atoms. The number of hydrogen-bond acceptors (Lipinski definition) is 2. The quantitative estimate of drug-likeness (QED) is 0.172. The maximum absolute atomic E-state index is 2.62. The summed E-state index contributed by atoms with van der Waals surface area (Å²) < 4.78 is 0. The van der Waals surface area contributed by atoms with Gasteiger partial charge in [-0.25, -0.2) is 0 Å². The molecule has 0 saturated heterocycles. The first-order valence-electron chi connectivity index (χ1n) is 18.5. The van der Waals surface area contributed by atoms with Crippen molar-refractivity contribution in [2.45, 2.75) is 57.3 Å². The summed E-state index contributed by atoms with van der Waals surface area (Å²) in [5.74, 6) is 0.607. The molecule has 50 heavy (non-hydrogen) atoms. The Labute approximate surface area is 296 Å². The molecule has 242 valence electrons. The number of anilines is 6. The molecule has 2 heterocycles. The predicted octanol–water partition coefficient (Wildman–Crippen LogP) is 11.2. The lowest BCUT2D eigenvalue weighted by atomic mass is 9.33. The molecule has 2 aliphatic carbocycles. The first-order chi connectivity index (χ1) is 24.6. The van der Waals surface area contributed by atoms with Gasteiger partial charge >= 0.3 is 0 Å². The molecular formula is C47H41BN2. The van der Waals surface area contributed by atoms with Crippen LogP contribution in [-0.4, -0.2) is 6.71 Å². The summed E-state index contributed by atoms with van der Waals surface area (Å²) in [6.45, 7) is 5.13. The Bertz CT molecular complexity index is 2240. The highest BCUT2D eigenvalue weighted by atomic mass is 15.2. The minimum absolute atomic E-state index is 0.0805. The van der Waals surface area contributed by atoms with E-state index in [-0.39, 0.29) is 12.1 Å². The van der Waals surface area contributed by atoms with Crippen molar-refractivity contribution in [3.8, 4) is 0 Å². The zero-order valence-corrected chi connectivity index (χ0v) is 28.9. The van der Waals surface area contributed by atoms with Gasteiger partial charge in [0, 0.05) is 39.5 Å². The van der Waals surface area contributed by atoms with Crippen LogP contribution in [0, 0.1) is 0 Å². The van der Waals surface area contributed by atoms with Crippen molar-refractivity contribution >= 4 is 57.3 Å². The average molecular weight is 645 g/mol. The normalized spacial score (nSPS) is 16.9. The van der Waals surface area contributed by atoms with Crippen molar-refractivity contribution in [2.24, 2.45) is 0 Å². The third kappa shape index (κ3) is 4.35. The number of nitrogens with zero attached hydrogens (tertiary/aromatic N) is 2. The Morgan fingerprint density at radius 1 is 0.600 bits per heavy atom. The molecule has 4 aliphatic rings. The van der Waals surface area contributed by atoms with E-state index in [4.69, 9.17) is 0 Å². The minimum Gasteiger partial charge on any atom is -0.311 e. The largest absolute Gasteiger partial charge is 0.311 e. The van der Waals surface area contributed by atoms with E-state index in [0.717, 1.165) is 17.1 Å². The molecule has 2 nitrogen and oxygen atoms in total. The fraction of sp³-hybridized carbons (Fsp3) is 0.191. The summed E-state index contributed by atoms with van der Waals surface area (Å²) >= 11 is 0. The fourth-order valence-corrected chi connectivity index (χ4v) is 9.82. The number of benzene rings is 6. The fourth-order valence-electron chi connectivity index (χ4n) is 9.82. The Kier molecular flexibility index (Phi) is 6.75. The van der Waals surface area contributed by atoms with E-state index in [2.05, 4.69) is 169 Å². The zero-order chi connectivity index (χ0) is 33.4. The number of allylic oxidation sites excluding steroid dienone is 1. The molecule has 0 unspecified atom stereocenters. The van der Waals surface area contributed by atoms with Gasteiger partial charge in [0.1, 0.15) is 0 Å². The smallest absolute Gasteiger partial charge is 0.244 e. The number of para-hydroxylation sites is 3. The summed E-state index contributed by atoms with van der Waals surface area (Å²) in [6, 6.07) is 54.4. The Hall–Kier alpha value is -5.28. The van der Waals surface area contributed by atoms with Crippen LogP contribution in [0.5, 0.6) is 0 Å². The van der Waals surface area contributed by atoms with Crippen LogP contribution in [0.15, 0.2) is 151 Å². The van der Waals surface area contributed by atoms with Crippen molar-refractivity contribution in [3.63, 3.8) is 0 Å². The summed E-state index contributed by atoms with van der Waals surface area (Å²) in [7, 11) is 0. The Balaban J connectivity index is 1.26. The van der Waals surface area contributed by atoms with E-state index < -0.39 is 0 Å². The van der Waals surface area contributed by atoms with Crippen LogP contribution < -0.4 is 20.7 Å². The van der Waals surface area contributed by atoms with Gasteiger partial charge in [-0.1, -0.05) is 130 Å². The molecule has 3 heteroatoms. The number of fused-ring (bicyclic) bond motifs is 6. The zero-order valence-electron chi connectivity index (χ0n) is 28.9. The lowest BCUT2D eigenvalue weighted by molar-refractivity contribution is 0.443. The molecule has 2 aliphatic heterocycles. The van der Waals surface area contributed by atoms with Crippen LogP contribution in [0.25, 0.3) is 5.57 Å². The van der Waals surface area contributed by atoms with Crippen LogP contribution >= 0.6 is 0 Å². The topological polar surface area (TPSA) is 6.48 Å². The van der Waals surface area contributed by atoms with E-state index in [1.54, 1.807) is 5.47 Å². The van der Waals surface area contributed by atoms with Gasteiger partial charge in [0.25, 0.3) is 0 Å². The molecule has 0 atom stereocenters. The molecular weight excluding hydrogens is 603 g/mol. The Morgan fingerprint density at radius 3 is 1.94 bits per heavy atom. The first-order valence-corrected chi connectivity index (χ1v) is 18.5. The highest BCUT2D eigenvalue weighted by molar-refractivity contribution is 6.97. The molecule has 1 fully saturated rings. The lowest BCUT2D eigenvalue weighted by Gasteiger charge is -2.40. The third-order valence-electron chi connectivity index (χ3n) is 12.0. The van der Waals surface area contributed by atoms with Crippen LogP contribution in [0.2, 0.25) is 0 Å². The predicted molar refractivity (Wildman–Crippen MR) is 212 cm³/mol. The van der Waals surface area contributed by atoms with Crippen LogP contribution in [0.3, 0.4) is 0 Å². The molecule has 0 bridgehead atoms. The number of hydrogen-bond donors (Lipinski definition) is 0. The van der Waals surface area contributed by atoms with E-state index in [9.17, 15) is 0 Å². The van der Waals surface area contributed by atoms with Crippen molar-refractivity contribution in [1.82, 2.24) is 0 Å². The van der Waals surface area contributed by atoms with Gasteiger partial charge in [-0.15, -0.1) is 0 Å². The maximum atomic E-state index is 2.62.